The first-order valence-corrected chi connectivity index (χ1v) is 9.65. The molecule has 5 heteroatoms. The van der Waals surface area contributed by atoms with E-state index in [1.807, 2.05) is 54.6 Å². The van der Waals surface area contributed by atoms with Crippen LogP contribution >= 0.6 is 0 Å². The Labute approximate surface area is 165 Å². The summed E-state index contributed by atoms with van der Waals surface area (Å²) in [6.45, 7) is 2.54. The van der Waals surface area contributed by atoms with Gasteiger partial charge in [0.05, 0.1) is 23.6 Å². The molecule has 5 nitrogen and oxygen atoms in total. The molecule has 0 saturated carbocycles. The first-order chi connectivity index (χ1) is 13.7. The number of benzene rings is 2. The molecule has 0 atom stereocenters. The Morgan fingerprint density at radius 1 is 1.04 bits per heavy atom. The highest BCUT2D eigenvalue weighted by Gasteiger charge is 2.16. The fourth-order valence-electron chi connectivity index (χ4n) is 3.00. The van der Waals surface area contributed by atoms with Gasteiger partial charge in [-0.1, -0.05) is 50.1 Å². The summed E-state index contributed by atoms with van der Waals surface area (Å²) in [7, 11) is 1.61. The second-order valence-electron chi connectivity index (χ2n) is 6.70. The molecule has 0 aliphatic carbocycles. The fraction of sp³-hybridized carbons (Fsp3) is 0.304. The molecule has 0 N–H and O–H groups in total. The summed E-state index contributed by atoms with van der Waals surface area (Å²) >= 11 is 0. The number of hydrogen-bond donors (Lipinski definition) is 0. The number of rotatable bonds is 9. The summed E-state index contributed by atoms with van der Waals surface area (Å²) < 4.78 is 12.4. The van der Waals surface area contributed by atoms with Crippen molar-refractivity contribution in [2.75, 3.05) is 7.11 Å². The summed E-state index contributed by atoms with van der Waals surface area (Å²) in [4.78, 5) is 12.6. The number of methoxy groups -OCH3 is 1. The molecule has 0 aliphatic rings. The first kappa shape index (κ1) is 19.8. The van der Waals surface area contributed by atoms with Crippen LogP contribution in [0.15, 0.2) is 60.7 Å². The molecule has 0 radical (unpaired) electrons. The van der Waals surface area contributed by atoms with Crippen LogP contribution in [-0.2, 0) is 17.8 Å². The van der Waals surface area contributed by atoms with Crippen LogP contribution in [0.5, 0.6) is 5.88 Å². The van der Waals surface area contributed by atoms with Gasteiger partial charge in [-0.25, -0.2) is 9.48 Å². The van der Waals surface area contributed by atoms with Crippen molar-refractivity contribution >= 4 is 5.97 Å². The van der Waals surface area contributed by atoms with Gasteiger partial charge in [-0.3, -0.25) is 0 Å². The van der Waals surface area contributed by atoms with Gasteiger partial charge < -0.3 is 9.47 Å². The molecule has 2 aromatic carbocycles. The lowest BCUT2D eigenvalue weighted by Gasteiger charge is -2.08. The van der Waals surface area contributed by atoms with Gasteiger partial charge in [-0.05, 0) is 42.7 Å². The highest BCUT2D eigenvalue weighted by Crippen LogP contribution is 2.21. The van der Waals surface area contributed by atoms with Crippen LogP contribution in [0.4, 0.5) is 0 Å². The predicted molar refractivity (Wildman–Crippen MR) is 109 cm³/mol. The molecule has 0 spiro atoms. The fourth-order valence-corrected chi connectivity index (χ4v) is 3.00. The van der Waals surface area contributed by atoms with E-state index in [0.717, 1.165) is 12.1 Å². The minimum Gasteiger partial charge on any atom is -0.404 e. The Hall–Kier alpha value is -2.92. The number of esters is 1. The third-order valence-corrected chi connectivity index (χ3v) is 4.48. The number of ether oxygens (including phenoxy) is 2. The quantitative estimate of drug-likeness (QED) is 0.390. The van der Waals surface area contributed by atoms with Crippen LogP contribution in [0.3, 0.4) is 0 Å². The Balaban J connectivity index is 1.76. The summed E-state index contributed by atoms with van der Waals surface area (Å²) in [5.74, 6) is -0.0311. The van der Waals surface area contributed by atoms with Crippen LogP contribution in [0.25, 0.3) is 5.69 Å². The second-order valence-corrected chi connectivity index (χ2v) is 6.70. The molecule has 0 bridgehead atoms. The summed E-state index contributed by atoms with van der Waals surface area (Å²) in [6, 6.07) is 18.9. The molecule has 0 unspecified atom stereocenters. The van der Waals surface area contributed by atoms with Crippen molar-refractivity contribution in [3.8, 4) is 11.6 Å². The van der Waals surface area contributed by atoms with E-state index in [-0.39, 0.29) is 0 Å². The van der Waals surface area contributed by atoms with E-state index < -0.39 is 5.97 Å². The van der Waals surface area contributed by atoms with Crippen LogP contribution in [0.2, 0.25) is 0 Å². The maximum atomic E-state index is 12.6. The van der Waals surface area contributed by atoms with Gasteiger partial charge >= 0.3 is 5.97 Å². The van der Waals surface area contributed by atoms with E-state index in [0.29, 0.717) is 23.7 Å². The smallest absolute Gasteiger partial charge is 0.344 e. The van der Waals surface area contributed by atoms with E-state index in [2.05, 4.69) is 12.0 Å². The Kier molecular flexibility index (Phi) is 6.98. The number of nitrogens with zero attached hydrogens (tertiary/aromatic N) is 2. The predicted octanol–water partition coefficient (Wildman–Crippen LogP) is 4.97. The Bertz CT molecular complexity index is 886. The minimum absolute atomic E-state index is 0.344. The third kappa shape index (κ3) is 5.08. The molecule has 0 amide bonds. The van der Waals surface area contributed by atoms with Gasteiger partial charge in [0, 0.05) is 13.2 Å². The van der Waals surface area contributed by atoms with Gasteiger partial charge in [-0.15, -0.1) is 0 Å². The first-order valence-electron chi connectivity index (χ1n) is 9.65. The summed E-state index contributed by atoms with van der Waals surface area (Å²) in [5.41, 5.74) is 3.27. The molecule has 0 saturated heterocycles. The average Bonchev–Trinajstić information content (AvgIpc) is 3.12. The highest BCUT2D eigenvalue weighted by atomic mass is 16.5. The SMILES string of the molecule is CCCCCc1ccc(C(=O)Oc2cc(COC)nn2-c2ccccc2)cc1. The van der Waals surface area contributed by atoms with E-state index in [4.69, 9.17) is 9.47 Å². The van der Waals surface area contributed by atoms with Crippen molar-refractivity contribution in [1.82, 2.24) is 9.78 Å². The number of aryl methyl sites for hydroxylation is 1. The van der Waals surface area contributed by atoms with E-state index >= 15 is 0 Å². The lowest BCUT2D eigenvalue weighted by Crippen LogP contribution is -2.11. The van der Waals surface area contributed by atoms with Gasteiger partial charge in [-0.2, -0.15) is 5.10 Å². The third-order valence-electron chi connectivity index (χ3n) is 4.48. The average molecular weight is 378 g/mol. The molecule has 3 aromatic rings. The molecule has 3 rings (SSSR count). The Morgan fingerprint density at radius 3 is 2.46 bits per heavy atom. The van der Waals surface area contributed by atoms with E-state index in [1.165, 1.54) is 24.8 Å². The van der Waals surface area contributed by atoms with Crippen LogP contribution in [-0.4, -0.2) is 22.9 Å². The van der Waals surface area contributed by atoms with Crippen LogP contribution in [0.1, 0.15) is 47.8 Å². The van der Waals surface area contributed by atoms with Crippen molar-refractivity contribution in [1.29, 1.82) is 0 Å². The zero-order chi connectivity index (χ0) is 19.8. The van der Waals surface area contributed by atoms with Crippen molar-refractivity contribution < 1.29 is 14.3 Å². The molecule has 28 heavy (non-hydrogen) atoms. The molecular weight excluding hydrogens is 352 g/mol. The van der Waals surface area contributed by atoms with Gasteiger partial charge in [0.1, 0.15) is 0 Å². The van der Waals surface area contributed by atoms with Crippen LogP contribution < -0.4 is 4.74 Å². The van der Waals surface area contributed by atoms with Crippen molar-refractivity contribution in [3.63, 3.8) is 0 Å². The Morgan fingerprint density at radius 2 is 1.79 bits per heavy atom. The zero-order valence-corrected chi connectivity index (χ0v) is 16.4. The highest BCUT2D eigenvalue weighted by molar-refractivity contribution is 5.91. The molecule has 0 aliphatic heterocycles. The van der Waals surface area contributed by atoms with Gasteiger partial charge in [0.2, 0.25) is 5.88 Å². The molecule has 1 heterocycles. The zero-order valence-electron chi connectivity index (χ0n) is 16.4. The molecular formula is C23H26N2O3. The van der Waals surface area contributed by atoms with Gasteiger partial charge in [0.25, 0.3) is 0 Å². The van der Waals surface area contributed by atoms with Crippen molar-refractivity contribution in [2.45, 2.75) is 39.2 Å². The second kappa shape index (κ2) is 9.85. The lowest BCUT2D eigenvalue weighted by atomic mass is 10.1. The number of aromatic nitrogens is 2. The number of carbonyl (C=O) groups excluding carboxylic acids is 1. The number of carbonyl (C=O) groups is 1. The summed E-state index contributed by atoms with van der Waals surface area (Å²) in [6.07, 6.45) is 4.62. The summed E-state index contributed by atoms with van der Waals surface area (Å²) in [5, 5.41) is 4.49. The lowest BCUT2D eigenvalue weighted by molar-refractivity contribution is 0.0723. The maximum Gasteiger partial charge on any atom is 0.344 e. The minimum atomic E-state index is -0.402. The van der Waals surface area contributed by atoms with Crippen LogP contribution in [0, 0.1) is 0 Å². The number of para-hydroxylation sites is 1. The maximum absolute atomic E-state index is 12.6. The van der Waals surface area contributed by atoms with E-state index in [9.17, 15) is 4.79 Å². The normalized spacial score (nSPS) is 10.8. The van der Waals surface area contributed by atoms with Crippen molar-refractivity contribution in [2.24, 2.45) is 0 Å². The van der Waals surface area contributed by atoms with Crippen molar-refractivity contribution in [3.05, 3.63) is 77.5 Å². The number of unbranched alkanes of at least 4 members (excludes halogenated alkanes) is 2. The largest absolute Gasteiger partial charge is 0.404 e. The molecule has 1 aromatic heterocycles. The van der Waals surface area contributed by atoms with E-state index in [1.54, 1.807) is 17.9 Å². The molecule has 146 valence electrons. The molecule has 0 fully saturated rings. The van der Waals surface area contributed by atoms with Gasteiger partial charge in [0.15, 0.2) is 0 Å². The topological polar surface area (TPSA) is 53.4 Å². The standard InChI is InChI=1S/C23H26N2O3/c1-3-4-6-9-18-12-14-19(15-13-18)23(26)28-22-16-20(17-27-2)24-25(22)21-10-7-5-8-11-21/h5,7-8,10-16H,3-4,6,9,17H2,1-2H3. The monoisotopic (exact) mass is 378 g/mol. The number of hydrogen-bond acceptors (Lipinski definition) is 4.